The average Bonchev–Trinajstić information content (AvgIpc) is 2.65. The highest BCUT2D eigenvalue weighted by Crippen LogP contribution is 2.21. The third-order valence-corrected chi connectivity index (χ3v) is 5.08. The minimum Gasteiger partial charge on any atom is -0.494 e. The van der Waals surface area contributed by atoms with Gasteiger partial charge < -0.3 is 14.2 Å². The second-order valence-electron chi connectivity index (χ2n) is 6.27. The van der Waals surface area contributed by atoms with Crippen molar-refractivity contribution in [2.45, 2.75) is 32.1 Å². The lowest BCUT2D eigenvalue weighted by Crippen LogP contribution is -2.17. The second kappa shape index (κ2) is 9.57. The first kappa shape index (κ1) is 21.7. The standard InChI is InChI=1S/C20H25NO6S/c1-4-9-25-17-5-7-18(8-6-17)26-10-11-27-20(22)16-12-14(2)15(3)19(13-16)28(21,23)24/h5-8,12-13H,4,9-11H2,1-3H3,(H2,21,23,24). The normalized spacial score (nSPS) is 11.1. The third kappa shape index (κ3) is 5.97. The summed E-state index contributed by atoms with van der Waals surface area (Å²) in [5.41, 5.74) is 1.28. The Labute approximate surface area is 165 Å². The van der Waals surface area contributed by atoms with Gasteiger partial charge in [0.2, 0.25) is 10.0 Å². The van der Waals surface area contributed by atoms with E-state index in [1.165, 1.54) is 6.07 Å². The predicted molar refractivity (Wildman–Crippen MR) is 105 cm³/mol. The Morgan fingerprint density at radius 2 is 1.54 bits per heavy atom. The molecule has 0 aliphatic heterocycles. The number of esters is 1. The Hall–Kier alpha value is -2.58. The van der Waals surface area contributed by atoms with E-state index >= 15 is 0 Å². The topological polar surface area (TPSA) is 105 Å². The van der Waals surface area contributed by atoms with Crippen LogP contribution in [-0.2, 0) is 14.8 Å². The van der Waals surface area contributed by atoms with Crippen molar-refractivity contribution in [2.24, 2.45) is 5.14 Å². The van der Waals surface area contributed by atoms with Crippen molar-refractivity contribution >= 4 is 16.0 Å². The molecular weight excluding hydrogens is 382 g/mol. The van der Waals surface area contributed by atoms with Crippen molar-refractivity contribution in [2.75, 3.05) is 19.8 Å². The van der Waals surface area contributed by atoms with E-state index in [4.69, 9.17) is 19.3 Å². The summed E-state index contributed by atoms with van der Waals surface area (Å²) in [5.74, 6) is 0.753. The van der Waals surface area contributed by atoms with E-state index in [0.29, 0.717) is 23.5 Å². The minimum atomic E-state index is -3.93. The molecule has 7 nitrogen and oxygen atoms in total. The van der Waals surface area contributed by atoms with Gasteiger partial charge in [-0.25, -0.2) is 18.4 Å². The number of carbonyl (C=O) groups is 1. The third-order valence-electron chi connectivity index (χ3n) is 4.04. The molecule has 0 saturated heterocycles. The number of ether oxygens (including phenoxy) is 3. The van der Waals surface area contributed by atoms with Crippen LogP contribution in [0.3, 0.4) is 0 Å². The van der Waals surface area contributed by atoms with Gasteiger partial charge in [0.25, 0.3) is 0 Å². The summed E-state index contributed by atoms with van der Waals surface area (Å²) in [6, 6.07) is 9.96. The molecule has 0 spiro atoms. The van der Waals surface area contributed by atoms with Gasteiger partial charge in [0.05, 0.1) is 17.1 Å². The number of rotatable bonds is 9. The molecule has 152 valence electrons. The van der Waals surface area contributed by atoms with Crippen LogP contribution in [0.5, 0.6) is 11.5 Å². The Morgan fingerprint density at radius 3 is 2.07 bits per heavy atom. The van der Waals surface area contributed by atoms with Crippen LogP contribution < -0.4 is 14.6 Å². The van der Waals surface area contributed by atoms with E-state index in [2.05, 4.69) is 0 Å². The summed E-state index contributed by atoms with van der Waals surface area (Å²) in [6.07, 6.45) is 0.933. The van der Waals surface area contributed by atoms with Crippen LogP contribution in [0, 0.1) is 13.8 Å². The van der Waals surface area contributed by atoms with Crippen molar-refractivity contribution in [1.82, 2.24) is 0 Å². The van der Waals surface area contributed by atoms with Gasteiger partial charge in [-0.05, 0) is 67.8 Å². The molecule has 0 bridgehead atoms. The van der Waals surface area contributed by atoms with Crippen molar-refractivity contribution in [1.29, 1.82) is 0 Å². The molecule has 0 aliphatic rings. The smallest absolute Gasteiger partial charge is 0.338 e. The molecule has 0 saturated carbocycles. The molecule has 0 aromatic heterocycles. The molecule has 28 heavy (non-hydrogen) atoms. The molecule has 2 rings (SSSR count). The molecule has 0 radical (unpaired) electrons. The maximum atomic E-state index is 12.2. The summed E-state index contributed by atoms with van der Waals surface area (Å²) in [5, 5.41) is 5.21. The molecule has 0 amide bonds. The Balaban J connectivity index is 1.90. The minimum absolute atomic E-state index is 0.0184. The number of sulfonamides is 1. The number of primary sulfonamides is 1. The van der Waals surface area contributed by atoms with Gasteiger partial charge in [-0.1, -0.05) is 6.92 Å². The van der Waals surface area contributed by atoms with Gasteiger partial charge >= 0.3 is 5.97 Å². The fraction of sp³-hybridized carbons (Fsp3) is 0.350. The summed E-state index contributed by atoms with van der Waals surface area (Å²) in [7, 11) is -3.93. The summed E-state index contributed by atoms with van der Waals surface area (Å²) < 4.78 is 39.5. The van der Waals surface area contributed by atoms with E-state index in [1.807, 2.05) is 6.92 Å². The number of benzene rings is 2. The van der Waals surface area contributed by atoms with Crippen molar-refractivity contribution in [3.05, 3.63) is 53.1 Å². The molecule has 8 heteroatoms. The van der Waals surface area contributed by atoms with Crippen LogP contribution in [0.25, 0.3) is 0 Å². The fourth-order valence-corrected chi connectivity index (χ4v) is 3.35. The number of nitrogens with two attached hydrogens (primary N) is 1. The zero-order valence-electron chi connectivity index (χ0n) is 16.2. The molecule has 2 aromatic carbocycles. The molecule has 2 aromatic rings. The van der Waals surface area contributed by atoms with E-state index in [-0.39, 0.29) is 23.7 Å². The lowest BCUT2D eigenvalue weighted by atomic mass is 10.1. The van der Waals surface area contributed by atoms with E-state index in [1.54, 1.807) is 44.2 Å². The summed E-state index contributed by atoms with van der Waals surface area (Å²) in [4.78, 5) is 12.1. The lowest BCUT2D eigenvalue weighted by molar-refractivity contribution is 0.0450. The molecule has 0 aliphatic carbocycles. The van der Waals surface area contributed by atoms with Gasteiger partial charge in [-0.15, -0.1) is 0 Å². The Bertz CT molecular complexity index is 922. The van der Waals surface area contributed by atoms with Crippen molar-refractivity contribution in [3.8, 4) is 11.5 Å². The highest BCUT2D eigenvalue weighted by atomic mass is 32.2. The van der Waals surface area contributed by atoms with E-state index in [0.717, 1.165) is 12.2 Å². The zero-order chi connectivity index (χ0) is 20.7. The van der Waals surface area contributed by atoms with Gasteiger partial charge in [0.1, 0.15) is 24.7 Å². The second-order valence-corrected chi connectivity index (χ2v) is 7.80. The van der Waals surface area contributed by atoms with Crippen LogP contribution >= 0.6 is 0 Å². The highest BCUT2D eigenvalue weighted by Gasteiger charge is 2.18. The van der Waals surface area contributed by atoms with Gasteiger partial charge in [0.15, 0.2) is 0 Å². The molecule has 0 heterocycles. The first-order valence-corrected chi connectivity index (χ1v) is 10.4. The Kier molecular flexibility index (Phi) is 7.42. The van der Waals surface area contributed by atoms with Crippen LogP contribution in [0.15, 0.2) is 41.3 Å². The first-order valence-electron chi connectivity index (χ1n) is 8.89. The molecular formula is C20H25NO6S. The van der Waals surface area contributed by atoms with Crippen molar-refractivity contribution in [3.63, 3.8) is 0 Å². The highest BCUT2D eigenvalue weighted by molar-refractivity contribution is 7.89. The zero-order valence-corrected chi connectivity index (χ0v) is 17.0. The maximum absolute atomic E-state index is 12.2. The predicted octanol–water partition coefficient (Wildman–Crippen LogP) is 2.98. The molecule has 0 fully saturated rings. The van der Waals surface area contributed by atoms with Gasteiger partial charge in [-0.3, -0.25) is 0 Å². The average molecular weight is 407 g/mol. The van der Waals surface area contributed by atoms with Gasteiger partial charge in [-0.2, -0.15) is 0 Å². The van der Waals surface area contributed by atoms with Crippen LogP contribution in [0.4, 0.5) is 0 Å². The maximum Gasteiger partial charge on any atom is 0.338 e. The molecule has 2 N–H and O–H groups in total. The number of carbonyl (C=O) groups excluding carboxylic acids is 1. The summed E-state index contributed by atoms with van der Waals surface area (Å²) >= 11 is 0. The monoisotopic (exact) mass is 407 g/mol. The van der Waals surface area contributed by atoms with Crippen molar-refractivity contribution < 1.29 is 27.4 Å². The van der Waals surface area contributed by atoms with E-state index in [9.17, 15) is 13.2 Å². The van der Waals surface area contributed by atoms with Crippen LogP contribution in [0.1, 0.15) is 34.8 Å². The number of hydrogen-bond acceptors (Lipinski definition) is 6. The largest absolute Gasteiger partial charge is 0.494 e. The SMILES string of the molecule is CCCOc1ccc(OCCOC(=O)c2cc(C)c(C)c(S(N)(=O)=O)c2)cc1. The van der Waals surface area contributed by atoms with Crippen LogP contribution in [-0.4, -0.2) is 34.2 Å². The van der Waals surface area contributed by atoms with Gasteiger partial charge in [0, 0.05) is 0 Å². The lowest BCUT2D eigenvalue weighted by Gasteiger charge is -2.11. The molecule has 0 unspecified atom stereocenters. The summed E-state index contributed by atoms with van der Waals surface area (Å²) in [6.45, 7) is 6.21. The number of aryl methyl sites for hydroxylation is 1. The first-order chi connectivity index (χ1) is 13.2. The van der Waals surface area contributed by atoms with E-state index < -0.39 is 16.0 Å². The number of hydrogen-bond donors (Lipinski definition) is 1. The quantitative estimate of drug-likeness (QED) is 0.506. The molecule has 0 atom stereocenters. The fourth-order valence-electron chi connectivity index (χ4n) is 2.47. The Morgan fingerprint density at radius 1 is 0.964 bits per heavy atom. The van der Waals surface area contributed by atoms with Crippen LogP contribution in [0.2, 0.25) is 0 Å².